The minimum absolute atomic E-state index is 0.294. The summed E-state index contributed by atoms with van der Waals surface area (Å²) in [6, 6.07) is 3.50. The second-order valence-corrected chi connectivity index (χ2v) is 5.05. The van der Waals surface area contributed by atoms with E-state index in [-0.39, 0.29) is 0 Å². The van der Waals surface area contributed by atoms with Crippen LogP contribution >= 0.6 is 22.9 Å². The molecule has 0 aromatic carbocycles. The first-order chi connectivity index (χ1) is 9.19. The van der Waals surface area contributed by atoms with Gasteiger partial charge in [0.05, 0.1) is 6.10 Å². The van der Waals surface area contributed by atoms with Crippen LogP contribution in [0, 0.1) is 0 Å². The summed E-state index contributed by atoms with van der Waals surface area (Å²) in [6.45, 7) is 0.652. The largest absolute Gasteiger partial charge is 0.387 e. The minimum Gasteiger partial charge on any atom is -0.387 e. The zero-order valence-electron chi connectivity index (χ0n) is 10.3. The first-order valence-electron chi connectivity index (χ1n) is 5.65. The Bertz CT molecular complexity index is 522. The third kappa shape index (κ3) is 4.14. The lowest BCUT2D eigenvalue weighted by atomic mass is 10.2. The van der Waals surface area contributed by atoms with Gasteiger partial charge in [-0.2, -0.15) is 11.3 Å². The summed E-state index contributed by atoms with van der Waals surface area (Å²) in [7, 11) is 1.57. The highest BCUT2D eigenvalue weighted by atomic mass is 35.5. The molecular weight excluding hydrogens is 286 g/mol. The lowest BCUT2D eigenvalue weighted by molar-refractivity contribution is 0.177. The third-order valence-electron chi connectivity index (χ3n) is 2.42. The molecule has 19 heavy (non-hydrogen) atoms. The van der Waals surface area contributed by atoms with Crippen molar-refractivity contribution in [1.29, 1.82) is 0 Å². The molecule has 0 aliphatic carbocycles. The van der Waals surface area contributed by atoms with Crippen molar-refractivity contribution >= 4 is 28.8 Å². The van der Waals surface area contributed by atoms with Crippen LogP contribution in [0.2, 0.25) is 5.15 Å². The van der Waals surface area contributed by atoms with Crippen LogP contribution in [0.5, 0.6) is 0 Å². The number of anilines is 1. The number of aliphatic hydroxyl groups is 1. The Hall–Kier alpha value is -1.21. The van der Waals surface area contributed by atoms with Gasteiger partial charge in [-0.25, -0.2) is 9.97 Å². The number of aliphatic hydroxyl groups excluding tert-OH is 1. The Kier molecular flexibility index (Phi) is 5.09. The number of ether oxygens (including phenoxy) is 1. The first kappa shape index (κ1) is 14.2. The molecule has 0 amide bonds. The van der Waals surface area contributed by atoms with Crippen LogP contribution in [0.25, 0.3) is 0 Å². The van der Waals surface area contributed by atoms with E-state index in [0.29, 0.717) is 29.9 Å². The molecular formula is C12H14ClN3O2S. The molecule has 7 heteroatoms. The quantitative estimate of drug-likeness (QED) is 0.802. The van der Waals surface area contributed by atoms with Crippen LogP contribution in [0.15, 0.2) is 22.9 Å². The van der Waals surface area contributed by atoms with Crippen LogP contribution in [0.1, 0.15) is 17.5 Å². The van der Waals surface area contributed by atoms with Gasteiger partial charge in [-0.1, -0.05) is 11.6 Å². The van der Waals surface area contributed by atoms with Gasteiger partial charge in [0.25, 0.3) is 0 Å². The van der Waals surface area contributed by atoms with Gasteiger partial charge in [-0.15, -0.1) is 0 Å². The fourth-order valence-corrected chi connectivity index (χ4v) is 2.44. The zero-order chi connectivity index (χ0) is 13.7. The van der Waals surface area contributed by atoms with Gasteiger partial charge in [0.15, 0.2) is 5.82 Å². The number of nitrogens with zero attached hydrogens (tertiary/aromatic N) is 2. The Labute approximate surface area is 120 Å². The standard InChI is InChI=1S/C12H14ClN3O2S/c1-18-6-12-15-10(13)4-11(16-12)14-5-9(17)8-2-3-19-7-8/h2-4,7,9,17H,5-6H2,1H3,(H,14,15,16). The zero-order valence-corrected chi connectivity index (χ0v) is 11.9. The highest BCUT2D eigenvalue weighted by molar-refractivity contribution is 7.07. The molecule has 0 fully saturated rings. The topological polar surface area (TPSA) is 67.3 Å². The Balaban J connectivity index is 1.99. The number of thiophene rings is 1. The Morgan fingerprint density at radius 2 is 2.37 bits per heavy atom. The van der Waals surface area contributed by atoms with E-state index in [0.717, 1.165) is 5.56 Å². The first-order valence-corrected chi connectivity index (χ1v) is 6.97. The van der Waals surface area contributed by atoms with E-state index in [9.17, 15) is 5.11 Å². The van der Waals surface area contributed by atoms with Crippen molar-refractivity contribution in [2.75, 3.05) is 19.0 Å². The molecule has 1 atom stereocenters. The predicted molar refractivity (Wildman–Crippen MR) is 75.5 cm³/mol. The SMILES string of the molecule is COCc1nc(Cl)cc(NCC(O)c2ccsc2)n1. The van der Waals surface area contributed by atoms with Gasteiger partial charge < -0.3 is 15.2 Å². The molecule has 0 radical (unpaired) electrons. The number of rotatable bonds is 6. The van der Waals surface area contributed by atoms with E-state index in [1.165, 1.54) is 0 Å². The second kappa shape index (κ2) is 6.81. The fraction of sp³-hybridized carbons (Fsp3) is 0.333. The molecule has 2 aromatic rings. The van der Waals surface area contributed by atoms with Crippen LogP contribution in [0.4, 0.5) is 5.82 Å². The van der Waals surface area contributed by atoms with E-state index < -0.39 is 6.10 Å². The molecule has 2 rings (SSSR count). The van der Waals surface area contributed by atoms with Gasteiger partial charge in [0, 0.05) is 19.7 Å². The molecule has 5 nitrogen and oxygen atoms in total. The van der Waals surface area contributed by atoms with Gasteiger partial charge in [0.2, 0.25) is 0 Å². The van der Waals surface area contributed by atoms with Crippen LogP contribution in [-0.2, 0) is 11.3 Å². The minimum atomic E-state index is -0.578. The molecule has 2 aromatic heterocycles. The maximum absolute atomic E-state index is 9.96. The molecule has 2 heterocycles. The number of nitrogens with one attached hydrogen (secondary N) is 1. The highest BCUT2D eigenvalue weighted by Gasteiger charge is 2.09. The van der Waals surface area contributed by atoms with Crippen molar-refractivity contribution in [3.8, 4) is 0 Å². The third-order valence-corrected chi connectivity index (χ3v) is 3.31. The number of halogens is 1. The summed E-state index contributed by atoms with van der Waals surface area (Å²) in [6.07, 6.45) is -0.578. The van der Waals surface area contributed by atoms with Crippen molar-refractivity contribution in [2.24, 2.45) is 0 Å². The van der Waals surface area contributed by atoms with E-state index in [1.54, 1.807) is 24.5 Å². The van der Waals surface area contributed by atoms with E-state index >= 15 is 0 Å². The fourth-order valence-electron chi connectivity index (χ4n) is 1.53. The van der Waals surface area contributed by atoms with Gasteiger partial charge in [-0.3, -0.25) is 0 Å². The molecule has 102 valence electrons. The van der Waals surface area contributed by atoms with Gasteiger partial charge in [0.1, 0.15) is 17.6 Å². The number of hydrogen-bond donors (Lipinski definition) is 2. The summed E-state index contributed by atoms with van der Waals surface area (Å²) in [4.78, 5) is 8.27. The van der Waals surface area contributed by atoms with Crippen molar-refractivity contribution in [1.82, 2.24) is 9.97 Å². The summed E-state index contributed by atoms with van der Waals surface area (Å²) >= 11 is 7.44. The highest BCUT2D eigenvalue weighted by Crippen LogP contribution is 2.18. The van der Waals surface area contributed by atoms with E-state index in [2.05, 4.69) is 15.3 Å². The molecule has 2 N–H and O–H groups in total. The van der Waals surface area contributed by atoms with Crippen molar-refractivity contribution < 1.29 is 9.84 Å². The maximum Gasteiger partial charge on any atom is 0.158 e. The molecule has 0 aliphatic rings. The Morgan fingerprint density at radius 1 is 1.53 bits per heavy atom. The maximum atomic E-state index is 9.96. The van der Waals surface area contributed by atoms with Crippen molar-refractivity contribution in [2.45, 2.75) is 12.7 Å². The number of methoxy groups -OCH3 is 1. The van der Waals surface area contributed by atoms with E-state index in [4.69, 9.17) is 16.3 Å². The van der Waals surface area contributed by atoms with Gasteiger partial charge >= 0.3 is 0 Å². The molecule has 0 saturated carbocycles. The monoisotopic (exact) mass is 299 g/mol. The number of aromatic nitrogens is 2. The number of hydrogen-bond acceptors (Lipinski definition) is 6. The Morgan fingerprint density at radius 3 is 3.05 bits per heavy atom. The average molecular weight is 300 g/mol. The normalized spacial score (nSPS) is 12.4. The smallest absolute Gasteiger partial charge is 0.158 e. The average Bonchev–Trinajstić information content (AvgIpc) is 2.89. The van der Waals surface area contributed by atoms with Crippen molar-refractivity contribution in [3.63, 3.8) is 0 Å². The summed E-state index contributed by atoms with van der Waals surface area (Å²) < 4.78 is 4.96. The van der Waals surface area contributed by atoms with Gasteiger partial charge in [-0.05, 0) is 22.4 Å². The van der Waals surface area contributed by atoms with Crippen LogP contribution in [-0.4, -0.2) is 28.7 Å². The van der Waals surface area contributed by atoms with Crippen LogP contribution < -0.4 is 5.32 Å². The molecule has 0 spiro atoms. The lowest BCUT2D eigenvalue weighted by Crippen LogP contribution is -2.13. The summed E-state index contributed by atoms with van der Waals surface area (Å²) in [5, 5.41) is 17.2. The predicted octanol–water partition coefficient (Wildman–Crippen LogP) is 2.48. The van der Waals surface area contributed by atoms with Crippen LogP contribution in [0.3, 0.4) is 0 Å². The molecule has 1 unspecified atom stereocenters. The molecule has 0 saturated heterocycles. The summed E-state index contributed by atoms with van der Waals surface area (Å²) in [5.74, 6) is 1.07. The van der Waals surface area contributed by atoms with Crippen molar-refractivity contribution in [3.05, 3.63) is 39.4 Å². The summed E-state index contributed by atoms with van der Waals surface area (Å²) in [5.41, 5.74) is 0.884. The second-order valence-electron chi connectivity index (χ2n) is 3.88. The molecule has 0 aliphatic heterocycles. The van der Waals surface area contributed by atoms with E-state index in [1.807, 2.05) is 16.8 Å². The lowest BCUT2D eigenvalue weighted by Gasteiger charge is -2.11. The molecule has 0 bridgehead atoms.